The van der Waals surface area contributed by atoms with Crippen molar-refractivity contribution in [2.75, 3.05) is 5.32 Å². The number of nitrogens with one attached hydrogen (secondary N) is 1. The second-order valence-electron chi connectivity index (χ2n) is 3.47. The lowest BCUT2D eigenvalue weighted by Crippen LogP contribution is -2.19. The number of hydrogen-bond acceptors (Lipinski definition) is 4. The Labute approximate surface area is 92.1 Å². The fourth-order valence-electron chi connectivity index (χ4n) is 1.31. The van der Waals surface area contributed by atoms with E-state index in [0.717, 1.165) is 5.92 Å². The molecule has 0 amide bonds. The van der Waals surface area contributed by atoms with E-state index >= 15 is 0 Å². The summed E-state index contributed by atoms with van der Waals surface area (Å²) in [4.78, 5) is 11.5. The normalized spacial score (nSPS) is 17.9. The van der Waals surface area contributed by atoms with Crippen LogP contribution in [0.15, 0.2) is 0 Å². The number of hydrogen-bond donors (Lipinski definition) is 1. The molecule has 0 aliphatic heterocycles. The molecule has 14 heavy (non-hydrogen) atoms. The first-order chi connectivity index (χ1) is 6.65. The molecule has 1 aliphatic rings. The fraction of sp³-hybridized carbons (Fsp3) is 0.625. The Morgan fingerprint density at radius 3 is 2.29 bits per heavy atom. The molecule has 76 valence electrons. The minimum absolute atomic E-state index is 0.121. The number of aromatic nitrogens is 3. The van der Waals surface area contributed by atoms with Gasteiger partial charge in [-0.05, 0) is 48.9 Å². The van der Waals surface area contributed by atoms with Crippen molar-refractivity contribution in [3.05, 3.63) is 10.6 Å². The minimum atomic E-state index is 0.121. The lowest BCUT2D eigenvalue weighted by atomic mass is 10.2. The Morgan fingerprint density at radius 2 is 1.79 bits per heavy atom. The molecule has 1 N–H and O–H groups in total. The molecular weight excluding hydrogens is 223 g/mol. The van der Waals surface area contributed by atoms with Crippen LogP contribution in [0.2, 0.25) is 10.6 Å². The molecule has 1 saturated carbocycles. The lowest BCUT2D eigenvalue weighted by Gasteiger charge is -2.11. The van der Waals surface area contributed by atoms with Gasteiger partial charge in [0.05, 0.1) is 0 Å². The Balaban J connectivity index is 2.07. The predicted molar refractivity (Wildman–Crippen MR) is 55.7 cm³/mol. The van der Waals surface area contributed by atoms with E-state index in [1.165, 1.54) is 12.8 Å². The van der Waals surface area contributed by atoms with E-state index in [-0.39, 0.29) is 10.6 Å². The molecule has 1 aromatic heterocycles. The highest BCUT2D eigenvalue weighted by molar-refractivity contribution is 6.31. The second-order valence-corrected chi connectivity index (χ2v) is 4.14. The Hall–Kier alpha value is -0.610. The van der Waals surface area contributed by atoms with Crippen molar-refractivity contribution in [1.82, 2.24) is 15.0 Å². The zero-order valence-electron chi connectivity index (χ0n) is 7.67. The molecule has 0 radical (unpaired) electrons. The van der Waals surface area contributed by atoms with Crippen LogP contribution in [-0.2, 0) is 0 Å². The zero-order chi connectivity index (χ0) is 10.1. The SMILES string of the molecule is CC(Nc1nc(Cl)nc(Cl)n1)C1CC1. The van der Waals surface area contributed by atoms with Crippen LogP contribution < -0.4 is 5.32 Å². The third kappa shape index (κ3) is 2.45. The number of halogens is 2. The molecule has 0 aromatic carbocycles. The standard InChI is InChI=1S/C8H10Cl2N4/c1-4(5-2-3-5)11-8-13-6(9)12-7(10)14-8/h4-5H,2-3H2,1H3,(H,11,12,13,14). The van der Waals surface area contributed by atoms with Crippen LogP contribution in [0.3, 0.4) is 0 Å². The minimum Gasteiger partial charge on any atom is -0.351 e. The van der Waals surface area contributed by atoms with Crippen LogP contribution in [0.1, 0.15) is 19.8 Å². The summed E-state index contributed by atoms with van der Waals surface area (Å²) in [6.07, 6.45) is 2.53. The van der Waals surface area contributed by atoms with Crippen molar-refractivity contribution < 1.29 is 0 Å². The fourth-order valence-corrected chi connectivity index (χ4v) is 1.67. The third-order valence-corrected chi connectivity index (χ3v) is 2.60. The maximum Gasteiger partial charge on any atom is 0.228 e. The highest BCUT2D eigenvalue weighted by Crippen LogP contribution is 2.33. The van der Waals surface area contributed by atoms with Crippen LogP contribution in [0.25, 0.3) is 0 Å². The van der Waals surface area contributed by atoms with E-state index in [4.69, 9.17) is 23.2 Å². The van der Waals surface area contributed by atoms with Gasteiger partial charge in [0.1, 0.15) is 0 Å². The van der Waals surface area contributed by atoms with E-state index < -0.39 is 0 Å². The number of nitrogens with zero attached hydrogens (tertiary/aromatic N) is 3. The second kappa shape index (κ2) is 3.87. The van der Waals surface area contributed by atoms with Gasteiger partial charge in [-0.15, -0.1) is 0 Å². The van der Waals surface area contributed by atoms with Gasteiger partial charge in [-0.3, -0.25) is 0 Å². The maximum absolute atomic E-state index is 5.64. The van der Waals surface area contributed by atoms with Crippen molar-refractivity contribution in [2.24, 2.45) is 5.92 Å². The highest BCUT2D eigenvalue weighted by atomic mass is 35.5. The first-order valence-corrected chi connectivity index (χ1v) is 5.24. The monoisotopic (exact) mass is 232 g/mol. The van der Waals surface area contributed by atoms with Crippen molar-refractivity contribution in [2.45, 2.75) is 25.8 Å². The summed E-state index contributed by atoms with van der Waals surface area (Å²) in [7, 11) is 0. The van der Waals surface area contributed by atoms with Gasteiger partial charge in [-0.25, -0.2) is 0 Å². The Kier molecular flexibility index (Phi) is 2.74. The molecule has 4 nitrogen and oxygen atoms in total. The molecular formula is C8H10Cl2N4. The average Bonchev–Trinajstić information content (AvgIpc) is 2.82. The Bertz CT molecular complexity index is 320. The molecule has 1 aliphatic carbocycles. The van der Waals surface area contributed by atoms with E-state index in [0.29, 0.717) is 12.0 Å². The summed E-state index contributed by atoms with van der Waals surface area (Å²) < 4.78 is 0. The van der Waals surface area contributed by atoms with Crippen LogP contribution >= 0.6 is 23.2 Å². The molecule has 2 rings (SSSR count). The van der Waals surface area contributed by atoms with Gasteiger partial charge in [0.2, 0.25) is 16.5 Å². The van der Waals surface area contributed by atoms with Crippen LogP contribution in [-0.4, -0.2) is 21.0 Å². The van der Waals surface area contributed by atoms with Crippen molar-refractivity contribution in [1.29, 1.82) is 0 Å². The largest absolute Gasteiger partial charge is 0.351 e. The van der Waals surface area contributed by atoms with Crippen molar-refractivity contribution >= 4 is 29.2 Å². The zero-order valence-corrected chi connectivity index (χ0v) is 9.18. The van der Waals surface area contributed by atoms with Gasteiger partial charge in [-0.2, -0.15) is 15.0 Å². The molecule has 0 spiro atoms. The first-order valence-electron chi connectivity index (χ1n) is 4.49. The molecule has 6 heteroatoms. The summed E-state index contributed by atoms with van der Waals surface area (Å²) in [5.74, 6) is 1.18. The van der Waals surface area contributed by atoms with Crippen molar-refractivity contribution in [3.8, 4) is 0 Å². The maximum atomic E-state index is 5.64. The smallest absolute Gasteiger partial charge is 0.228 e. The molecule has 1 heterocycles. The summed E-state index contributed by atoms with van der Waals surface area (Å²) in [5, 5.41) is 3.40. The molecule has 0 saturated heterocycles. The summed E-state index contributed by atoms with van der Waals surface area (Å²) in [6.45, 7) is 2.10. The van der Waals surface area contributed by atoms with Gasteiger partial charge in [0.25, 0.3) is 0 Å². The average molecular weight is 233 g/mol. The topological polar surface area (TPSA) is 50.7 Å². The quantitative estimate of drug-likeness (QED) is 0.870. The predicted octanol–water partition coefficient (Wildman–Crippen LogP) is 2.39. The van der Waals surface area contributed by atoms with Gasteiger partial charge in [-0.1, -0.05) is 0 Å². The van der Waals surface area contributed by atoms with Gasteiger partial charge in [0, 0.05) is 6.04 Å². The van der Waals surface area contributed by atoms with Gasteiger partial charge in [0.15, 0.2) is 0 Å². The summed E-state index contributed by atoms with van der Waals surface area (Å²) >= 11 is 11.3. The molecule has 1 fully saturated rings. The van der Waals surface area contributed by atoms with Crippen molar-refractivity contribution in [3.63, 3.8) is 0 Å². The summed E-state index contributed by atoms with van der Waals surface area (Å²) in [5.41, 5.74) is 0. The molecule has 1 aromatic rings. The number of rotatable bonds is 3. The van der Waals surface area contributed by atoms with Crippen LogP contribution in [0.4, 0.5) is 5.95 Å². The summed E-state index contributed by atoms with van der Waals surface area (Å²) in [6, 6.07) is 0.365. The van der Waals surface area contributed by atoms with E-state index in [9.17, 15) is 0 Å². The van der Waals surface area contributed by atoms with E-state index in [1.807, 2.05) is 0 Å². The highest BCUT2D eigenvalue weighted by Gasteiger charge is 2.28. The van der Waals surface area contributed by atoms with Crippen LogP contribution in [0, 0.1) is 5.92 Å². The molecule has 0 bridgehead atoms. The third-order valence-electron chi connectivity index (χ3n) is 2.27. The Morgan fingerprint density at radius 1 is 1.21 bits per heavy atom. The van der Waals surface area contributed by atoms with Gasteiger partial charge >= 0.3 is 0 Å². The van der Waals surface area contributed by atoms with E-state index in [1.54, 1.807) is 0 Å². The van der Waals surface area contributed by atoms with Gasteiger partial charge < -0.3 is 5.32 Å². The lowest BCUT2D eigenvalue weighted by molar-refractivity contribution is 0.685. The number of anilines is 1. The first kappa shape index (κ1) is 9.93. The molecule has 1 atom stereocenters. The van der Waals surface area contributed by atoms with E-state index in [2.05, 4.69) is 27.2 Å². The van der Waals surface area contributed by atoms with Crippen LogP contribution in [0.5, 0.6) is 0 Å². The molecule has 1 unspecified atom stereocenters.